The summed E-state index contributed by atoms with van der Waals surface area (Å²) in [5.41, 5.74) is 0. The number of benzene rings is 1. The fourth-order valence-electron chi connectivity index (χ4n) is 3.15. The zero-order valence-corrected chi connectivity index (χ0v) is 14.0. The number of hydrogen-bond donors (Lipinski definition) is 1. The van der Waals surface area contributed by atoms with Gasteiger partial charge in [-0.1, -0.05) is 48.2 Å². The third-order valence-electron chi connectivity index (χ3n) is 4.18. The molecule has 1 aromatic carbocycles. The van der Waals surface area contributed by atoms with Crippen LogP contribution >= 0.6 is 15.9 Å². The van der Waals surface area contributed by atoms with Gasteiger partial charge in [0.15, 0.2) is 0 Å². The summed E-state index contributed by atoms with van der Waals surface area (Å²) in [6, 6.07) is 8.80. The van der Waals surface area contributed by atoms with Crippen molar-refractivity contribution < 1.29 is 4.74 Å². The van der Waals surface area contributed by atoms with Crippen LogP contribution in [0.15, 0.2) is 28.7 Å². The SMILES string of the molecule is CCNC1CCCCCC1CCOc1cccc(Br)c1. The summed E-state index contributed by atoms with van der Waals surface area (Å²) in [7, 11) is 0. The Bertz CT molecular complexity index is 396. The zero-order chi connectivity index (χ0) is 14.2. The van der Waals surface area contributed by atoms with E-state index in [1.54, 1.807) is 0 Å². The van der Waals surface area contributed by atoms with Gasteiger partial charge in [-0.25, -0.2) is 0 Å². The lowest BCUT2D eigenvalue weighted by Gasteiger charge is -2.26. The van der Waals surface area contributed by atoms with Crippen LogP contribution in [0.2, 0.25) is 0 Å². The maximum Gasteiger partial charge on any atom is 0.120 e. The number of nitrogens with one attached hydrogen (secondary N) is 1. The molecule has 1 aliphatic carbocycles. The van der Waals surface area contributed by atoms with Crippen LogP contribution in [0.4, 0.5) is 0 Å². The van der Waals surface area contributed by atoms with Crippen LogP contribution in [0.3, 0.4) is 0 Å². The van der Waals surface area contributed by atoms with E-state index in [-0.39, 0.29) is 0 Å². The Morgan fingerprint density at radius 2 is 2.10 bits per heavy atom. The van der Waals surface area contributed by atoms with Gasteiger partial charge in [0.05, 0.1) is 6.61 Å². The molecule has 0 bridgehead atoms. The molecule has 1 aromatic rings. The number of rotatable bonds is 6. The lowest BCUT2D eigenvalue weighted by atomic mass is 9.92. The van der Waals surface area contributed by atoms with Crippen LogP contribution in [0, 0.1) is 5.92 Å². The average Bonchev–Trinajstić information content (AvgIpc) is 2.65. The van der Waals surface area contributed by atoms with Crippen LogP contribution in [0.5, 0.6) is 5.75 Å². The van der Waals surface area contributed by atoms with E-state index in [2.05, 4.69) is 28.2 Å². The fraction of sp³-hybridized carbons (Fsp3) is 0.647. The molecule has 1 saturated carbocycles. The molecule has 0 aromatic heterocycles. The molecule has 0 heterocycles. The molecule has 3 heteroatoms. The average molecular weight is 340 g/mol. The van der Waals surface area contributed by atoms with Crippen LogP contribution in [-0.4, -0.2) is 19.2 Å². The summed E-state index contributed by atoms with van der Waals surface area (Å²) in [6.07, 6.45) is 7.98. The predicted molar refractivity (Wildman–Crippen MR) is 88.3 cm³/mol. The molecular weight excluding hydrogens is 314 g/mol. The first kappa shape index (κ1) is 15.8. The van der Waals surface area contributed by atoms with E-state index in [1.807, 2.05) is 24.3 Å². The van der Waals surface area contributed by atoms with Crippen molar-refractivity contribution in [2.45, 2.75) is 51.5 Å². The molecule has 2 atom stereocenters. The van der Waals surface area contributed by atoms with Gasteiger partial charge in [0.2, 0.25) is 0 Å². The Kier molecular flexibility index (Phi) is 6.88. The van der Waals surface area contributed by atoms with E-state index in [4.69, 9.17) is 4.74 Å². The van der Waals surface area contributed by atoms with Crippen molar-refractivity contribution >= 4 is 15.9 Å². The lowest BCUT2D eigenvalue weighted by molar-refractivity contribution is 0.239. The summed E-state index contributed by atoms with van der Waals surface area (Å²) in [4.78, 5) is 0. The van der Waals surface area contributed by atoms with Crippen LogP contribution in [0.1, 0.15) is 45.4 Å². The summed E-state index contributed by atoms with van der Waals surface area (Å²) >= 11 is 3.48. The highest BCUT2D eigenvalue weighted by Crippen LogP contribution is 2.26. The van der Waals surface area contributed by atoms with Crippen molar-refractivity contribution in [1.29, 1.82) is 0 Å². The van der Waals surface area contributed by atoms with Gasteiger partial charge in [0.1, 0.15) is 5.75 Å². The van der Waals surface area contributed by atoms with Crippen molar-refractivity contribution in [3.05, 3.63) is 28.7 Å². The Balaban J connectivity index is 1.81. The minimum absolute atomic E-state index is 0.689. The Labute approximate surface area is 131 Å². The van der Waals surface area contributed by atoms with Crippen LogP contribution in [-0.2, 0) is 0 Å². The van der Waals surface area contributed by atoms with E-state index >= 15 is 0 Å². The predicted octanol–water partition coefficient (Wildman–Crippen LogP) is 4.78. The minimum atomic E-state index is 0.689. The molecule has 0 radical (unpaired) electrons. The molecule has 2 unspecified atom stereocenters. The molecule has 2 rings (SSSR count). The number of halogens is 1. The highest BCUT2D eigenvalue weighted by Gasteiger charge is 2.22. The molecule has 0 spiro atoms. The Morgan fingerprint density at radius 3 is 2.90 bits per heavy atom. The first-order valence-corrected chi connectivity index (χ1v) is 8.70. The second kappa shape index (κ2) is 8.68. The second-order valence-electron chi connectivity index (χ2n) is 5.66. The molecule has 1 fully saturated rings. The van der Waals surface area contributed by atoms with Gasteiger partial charge >= 0.3 is 0 Å². The van der Waals surface area contributed by atoms with E-state index in [1.165, 1.54) is 32.1 Å². The third-order valence-corrected chi connectivity index (χ3v) is 4.67. The van der Waals surface area contributed by atoms with Crippen molar-refractivity contribution in [1.82, 2.24) is 5.32 Å². The van der Waals surface area contributed by atoms with Gasteiger partial charge in [-0.2, -0.15) is 0 Å². The minimum Gasteiger partial charge on any atom is -0.494 e. The van der Waals surface area contributed by atoms with Crippen LogP contribution in [0.25, 0.3) is 0 Å². The monoisotopic (exact) mass is 339 g/mol. The highest BCUT2D eigenvalue weighted by atomic mass is 79.9. The van der Waals surface area contributed by atoms with Gasteiger partial charge in [0.25, 0.3) is 0 Å². The van der Waals surface area contributed by atoms with Crippen molar-refractivity contribution in [2.24, 2.45) is 5.92 Å². The maximum absolute atomic E-state index is 5.90. The first-order chi connectivity index (χ1) is 9.79. The summed E-state index contributed by atoms with van der Waals surface area (Å²) in [5.74, 6) is 1.73. The molecule has 0 aliphatic heterocycles. The van der Waals surface area contributed by atoms with E-state index < -0.39 is 0 Å². The van der Waals surface area contributed by atoms with E-state index in [0.29, 0.717) is 6.04 Å². The second-order valence-corrected chi connectivity index (χ2v) is 6.57. The summed E-state index contributed by atoms with van der Waals surface area (Å²) in [5, 5.41) is 3.67. The number of hydrogen-bond acceptors (Lipinski definition) is 2. The van der Waals surface area contributed by atoms with Gasteiger partial charge in [-0.15, -0.1) is 0 Å². The standard InChI is InChI=1S/C17H26BrNO/c1-2-19-17-10-5-3-4-7-14(17)11-12-20-16-9-6-8-15(18)13-16/h6,8-9,13-14,17,19H,2-5,7,10-12H2,1H3. The maximum atomic E-state index is 5.90. The van der Waals surface area contributed by atoms with Gasteiger partial charge < -0.3 is 10.1 Å². The summed E-state index contributed by atoms with van der Waals surface area (Å²) in [6.45, 7) is 4.11. The third kappa shape index (κ3) is 5.10. The molecule has 0 amide bonds. The molecule has 1 aliphatic rings. The lowest BCUT2D eigenvalue weighted by Crippen LogP contribution is -2.36. The summed E-state index contributed by atoms with van der Waals surface area (Å²) < 4.78 is 6.98. The topological polar surface area (TPSA) is 21.3 Å². The van der Waals surface area contributed by atoms with Crippen molar-refractivity contribution in [3.8, 4) is 5.75 Å². The Hall–Kier alpha value is -0.540. The molecule has 1 N–H and O–H groups in total. The van der Waals surface area contributed by atoms with Gasteiger partial charge in [-0.05, 0) is 49.9 Å². The first-order valence-electron chi connectivity index (χ1n) is 7.91. The molecule has 0 saturated heterocycles. The van der Waals surface area contributed by atoms with Gasteiger partial charge in [0, 0.05) is 10.5 Å². The Morgan fingerprint density at radius 1 is 1.25 bits per heavy atom. The normalized spacial score (nSPS) is 23.3. The molecule has 20 heavy (non-hydrogen) atoms. The van der Waals surface area contributed by atoms with E-state index in [9.17, 15) is 0 Å². The molecule has 2 nitrogen and oxygen atoms in total. The van der Waals surface area contributed by atoms with Crippen LogP contribution < -0.4 is 10.1 Å². The van der Waals surface area contributed by atoms with Gasteiger partial charge in [-0.3, -0.25) is 0 Å². The highest BCUT2D eigenvalue weighted by molar-refractivity contribution is 9.10. The van der Waals surface area contributed by atoms with Crippen molar-refractivity contribution in [2.75, 3.05) is 13.2 Å². The van der Waals surface area contributed by atoms with Crippen molar-refractivity contribution in [3.63, 3.8) is 0 Å². The number of ether oxygens (including phenoxy) is 1. The fourth-order valence-corrected chi connectivity index (χ4v) is 3.52. The largest absolute Gasteiger partial charge is 0.494 e. The molecule has 112 valence electrons. The zero-order valence-electron chi connectivity index (χ0n) is 12.4. The molecular formula is C17H26BrNO. The quantitative estimate of drug-likeness (QED) is 0.753. The van der Waals surface area contributed by atoms with E-state index in [0.717, 1.165) is 35.7 Å². The smallest absolute Gasteiger partial charge is 0.120 e.